The Morgan fingerprint density at radius 3 is 2.59 bits per heavy atom. The molecule has 0 unspecified atom stereocenters. The molecule has 2 fully saturated rings. The summed E-state index contributed by atoms with van der Waals surface area (Å²) in [7, 11) is 0. The van der Waals surface area contributed by atoms with Crippen molar-refractivity contribution in [3.63, 3.8) is 0 Å². The first-order valence-corrected chi connectivity index (χ1v) is 9.88. The molecule has 27 heavy (non-hydrogen) atoms. The number of rotatable bonds is 3. The molecule has 0 aliphatic carbocycles. The fourth-order valence-electron chi connectivity index (χ4n) is 4.18. The Morgan fingerprint density at radius 1 is 1.11 bits per heavy atom. The number of nitrogens with zero attached hydrogens (tertiary/aromatic N) is 2. The van der Waals surface area contributed by atoms with E-state index in [9.17, 15) is 9.59 Å². The van der Waals surface area contributed by atoms with Crippen LogP contribution in [0.15, 0.2) is 47.4 Å². The van der Waals surface area contributed by atoms with Gasteiger partial charge in [0.25, 0.3) is 11.5 Å². The average Bonchev–Trinajstić information content (AvgIpc) is 3.13. The second kappa shape index (κ2) is 7.49. The van der Waals surface area contributed by atoms with Gasteiger partial charge in [-0.1, -0.05) is 29.8 Å². The molecule has 0 radical (unpaired) electrons. The molecule has 2 saturated heterocycles. The van der Waals surface area contributed by atoms with Crippen LogP contribution >= 0.6 is 11.6 Å². The van der Waals surface area contributed by atoms with E-state index in [4.69, 9.17) is 11.6 Å². The smallest absolute Gasteiger partial charge is 0.255 e. The predicted molar refractivity (Wildman–Crippen MR) is 106 cm³/mol. The summed E-state index contributed by atoms with van der Waals surface area (Å²) in [5.74, 6) is 0.00344. The maximum Gasteiger partial charge on any atom is 0.255 e. The first-order valence-electron chi connectivity index (χ1n) is 9.50. The van der Waals surface area contributed by atoms with Crippen LogP contribution < -0.4 is 10.9 Å². The number of hydrogen-bond acceptors (Lipinski definition) is 3. The molecular formula is C21H24ClN3O2. The van der Waals surface area contributed by atoms with Crippen molar-refractivity contribution >= 4 is 17.5 Å². The summed E-state index contributed by atoms with van der Waals surface area (Å²) >= 11 is 6.21. The standard InChI is InChI=1S/C21H24ClN3O2/c22-18-4-2-1-3-16(18)13-25-14-17(5-6-19(25)26)20(27)24-11-8-21(9-12-24)7-10-23-15-21/h1-6,14,23H,7-13,15H2. The summed E-state index contributed by atoms with van der Waals surface area (Å²) in [6, 6.07) is 10.5. The third-order valence-corrected chi connectivity index (χ3v) is 6.34. The Hall–Kier alpha value is -2.11. The molecule has 2 aliphatic rings. The third-order valence-electron chi connectivity index (χ3n) is 5.97. The van der Waals surface area contributed by atoms with E-state index in [1.165, 1.54) is 12.5 Å². The maximum absolute atomic E-state index is 13.0. The lowest BCUT2D eigenvalue weighted by molar-refractivity contribution is 0.0607. The normalized spacial score (nSPS) is 18.8. The van der Waals surface area contributed by atoms with Gasteiger partial charge in [0.1, 0.15) is 0 Å². The minimum absolute atomic E-state index is 0.00344. The van der Waals surface area contributed by atoms with Crippen molar-refractivity contribution in [1.29, 1.82) is 0 Å². The van der Waals surface area contributed by atoms with Crippen molar-refractivity contribution in [2.24, 2.45) is 5.41 Å². The van der Waals surface area contributed by atoms with Gasteiger partial charge in [0, 0.05) is 36.9 Å². The van der Waals surface area contributed by atoms with Gasteiger partial charge in [-0.3, -0.25) is 9.59 Å². The zero-order valence-corrected chi connectivity index (χ0v) is 16.0. The Bertz CT molecular complexity index is 892. The van der Waals surface area contributed by atoms with Gasteiger partial charge < -0.3 is 14.8 Å². The number of halogens is 1. The highest BCUT2D eigenvalue weighted by Crippen LogP contribution is 2.37. The minimum atomic E-state index is -0.138. The largest absolute Gasteiger partial charge is 0.339 e. The topological polar surface area (TPSA) is 54.3 Å². The van der Waals surface area contributed by atoms with Gasteiger partial charge in [-0.05, 0) is 48.9 Å². The Labute approximate surface area is 163 Å². The number of piperidine rings is 1. The summed E-state index contributed by atoms with van der Waals surface area (Å²) in [4.78, 5) is 27.1. The van der Waals surface area contributed by atoms with Crippen LogP contribution in [0.1, 0.15) is 35.2 Å². The SMILES string of the molecule is O=C(c1ccc(=O)n(Cc2ccccc2Cl)c1)N1CCC2(CCNC2)CC1. The second-order valence-corrected chi connectivity index (χ2v) is 8.10. The molecule has 3 heterocycles. The fraction of sp³-hybridized carbons (Fsp3) is 0.429. The number of hydrogen-bond donors (Lipinski definition) is 1. The van der Waals surface area contributed by atoms with E-state index in [-0.39, 0.29) is 11.5 Å². The Morgan fingerprint density at radius 2 is 1.89 bits per heavy atom. The van der Waals surface area contributed by atoms with Crippen LogP contribution in [0.2, 0.25) is 5.02 Å². The van der Waals surface area contributed by atoms with Gasteiger partial charge in [0.05, 0.1) is 12.1 Å². The fourth-order valence-corrected chi connectivity index (χ4v) is 4.38. The molecule has 142 valence electrons. The molecule has 5 nitrogen and oxygen atoms in total. The molecule has 4 rings (SSSR count). The lowest BCUT2D eigenvalue weighted by Gasteiger charge is -2.38. The molecular weight excluding hydrogens is 362 g/mol. The molecule has 2 aliphatic heterocycles. The van der Waals surface area contributed by atoms with E-state index in [0.29, 0.717) is 22.5 Å². The monoisotopic (exact) mass is 385 g/mol. The van der Waals surface area contributed by atoms with Crippen molar-refractivity contribution in [3.8, 4) is 0 Å². The van der Waals surface area contributed by atoms with Crippen molar-refractivity contribution in [2.45, 2.75) is 25.8 Å². The highest BCUT2D eigenvalue weighted by molar-refractivity contribution is 6.31. The summed E-state index contributed by atoms with van der Waals surface area (Å²) in [6.45, 7) is 4.07. The molecule has 0 atom stereocenters. The Kier molecular flexibility index (Phi) is 5.06. The van der Waals surface area contributed by atoms with Crippen molar-refractivity contribution < 1.29 is 4.79 Å². The highest BCUT2D eigenvalue weighted by Gasteiger charge is 2.38. The summed E-state index contributed by atoms with van der Waals surface area (Å²) < 4.78 is 1.56. The average molecular weight is 386 g/mol. The van der Waals surface area contributed by atoms with Crippen LogP contribution in [0.25, 0.3) is 0 Å². The number of carbonyl (C=O) groups is 1. The molecule has 0 bridgehead atoms. The molecule has 1 N–H and O–H groups in total. The van der Waals surface area contributed by atoms with Gasteiger partial charge in [-0.15, -0.1) is 0 Å². The minimum Gasteiger partial charge on any atom is -0.339 e. The van der Waals surface area contributed by atoms with Gasteiger partial charge in [0.15, 0.2) is 0 Å². The highest BCUT2D eigenvalue weighted by atomic mass is 35.5. The van der Waals surface area contributed by atoms with Gasteiger partial charge in [-0.2, -0.15) is 0 Å². The number of carbonyl (C=O) groups excluding carboxylic acids is 1. The number of amides is 1. The zero-order valence-electron chi connectivity index (χ0n) is 15.3. The van der Waals surface area contributed by atoms with Crippen LogP contribution in [0, 0.1) is 5.41 Å². The number of nitrogens with one attached hydrogen (secondary N) is 1. The molecule has 1 aromatic heterocycles. The van der Waals surface area contributed by atoms with E-state index < -0.39 is 0 Å². The zero-order chi connectivity index (χ0) is 18.9. The van der Waals surface area contributed by atoms with Gasteiger partial charge in [0.2, 0.25) is 0 Å². The first kappa shape index (κ1) is 18.3. The number of benzene rings is 1. The summed E-state index contributed by atoms with van der Waals surface area (Å²) in [5, 5.41) is 4.07. The van der Waals surface area contributed by atoms with Gasteiger partial charge >= 0.3 is 0 Å². The third kappa shape index (κ3) is 3.80. The maximum atomic E-state index is 13.0. The first-order chi connectivity index (χ1) is 13.1. The molecule has 1 aromatic carbocycles. The predicted octanol–water partition coefficient (Wildman–Crippen LogP) is 2.77. The lowest BCUT2D eigenvalue weighted by Crippen LogP contribution is -2.44. The number of pyridine rings is 1. The van der Waals surface area contributed by atoms with Gasteiger partial charge in [-0.25, -0.2) is 0 Å². The van der Waals surface area contributed by atoms with E-state index in [1.54, 1.807) is 22.9 Å². The molecule has 2 aromatic rings. The van der Waals surface area contributed by atoms with E-state index >= 15 is 0 Å². The lowest BCUT2D eigenvalue weighted by atomic mass is 9.78. The van der Waals surface area contributed by atoms with Crippen LogP contribution in [-0.4, -0.2) is 41.6 Å². The molecule has 0 saturated carbocycles. The van der Waals surface area contributed by atoms with Crippen molar-refractivity contribution in [3.05, 3.63) is 69.1 Å². The Balaban J connectivity index is 1.50. The van der Waals surface area contributed by atoms with Crippen LogP contribution in [-0.2, 0) is 6.54 Å². The quantitative estimate of drug-likeness (QED) is 0.883. The van der Waals surface area contributed by atoms with E-state index in [0.717, 1.165) is 44.6 Å². The van der Waals surface area contributed by atoms with Crippen LogP contribution in [0.5, 0.6) is 0 Å². The number of aromatic nitrogens is 1. The summed E-state index contributed by atoms with van der Waals surface area (Å²) in [5.41, 5.74) is 1.65. The van der Waals surface area contributed by atoms with Crippen LogP contribution in [0.3, 0.4) is 0 Å². The van der Waals surface area contributed by atoms with Crippen LogP contribution in [0.4, 0.5) is 0 Å². The second-order valence-electron chi connectivity index (χ2n) is 7.69. The van der Waals surface area contributed by atoms with E-state index in [2.05, 4.69) is 5.32 Å². The molecule has 6 heteroatoms. The van der Waals surface area contributed by atoms with Crippen molar-refractivity contribution in [2.75, 3.05) is 26.2 Å². The van der Waals surface area contributed by atoms with Crippen molar-refractivity contribution in [1.82, 2.24) is 14.8 Å². The molecule has 1 spiro atoms. The number of likely N-dealkylation sites (tertiary alicyclic amines) is 1. The summed E-state index contributed by atoms with van der Waals surface area (Å²) in [6.07, 6.45) is 4.96. The van der Waals surface area contributed by atoms with E-state index in [1.807, 2.05) is 23.1 Å². The molecule has 1 amide bonds.